The maximum atomic E-state index is 13.9. The van der Waals surface area contributed by atoms with Crippen molar-refractivity contribution in [2.75, 3.05) is 52.6 Å². The number of rotatable bonds is 26. The zero-order valence-electron chi connectivity index (χ0n) is 46.0. The van der Waals surface area contributed by atoms with Crippen LogP contribution in [-0.4, -0.2) is 122 Å². The first-order valence-electron chi connectivity index (χ1n) is 26.9. The topological polar surface area (TPSA) is 161 Å². The average Bonchev–Trinajstić information content (AvgIpc) is 4.16. The monoisotopic (exact) mass is 1100 g/mol. The fraction of sp³-hybridized carbons (Fsp3) is 0.323. The van der Waals surface area contributed by atoms with Crippen molar-refractivity contribution in [3.63, 3.8) is 0 Å². The molecule has 15 nitrogen and oxygen atoms in total. The highest BCUT2D eigenvalue weighted by Gasteiger charge is 2.59. The van der Waals surface area contributed by atoms with Crippen molar-refractivity contribution in [1.29, 1.82) is 0 Å². The van der Waals surface area contributed by atoms with Gasteiger partial charge in [-0.15, -0.1) is 4.67 Å². The molecule has 0 aliphatic carbocycles. The summed E-state index contributed by atoms with van der Waals surface area (Å²) in [4.78, 5) is 41.4. The van der Waals surface area contributed by atoms with Gasteiger partial charge in [-0.3, -0.25) is 9.36 Å². The van der Waals surface area contributed by atoms with Crippen LogP contribution in [0.15, 0.2) is 183 Å². The molecule has 3 heterocycles. The molecule has 1 unspecified atom stereocenters. The smallest absolute Gasteiger partial charge is 0.345 e. The number of nitrogens with zero attached hydrogens (tertiary/aromatic N) is 5. The van der Waals surface area contributed by atoms with Gasteiger partial charge in [-0.1, -0.05) is 133 Å². The normalized spacial score (nSPS) is 17.6. The lowest BCUT2D eigenvalue weighted by Crippen LogP contribution is -2.45. The first kappa shape index (κ1) is 57.0. The molecule has 1 saturated heterocycles. The highest BCUT2D eigenvalue weighted by atomic mass is 31.2. The van der Waals surface area contributed by atoms with Crippen molar-refractivity contribution >= 4 is 40.3 Å². The second-order valence-electron chi connectivity index (χ2n) is 20.1. The zero-order chi connectivity index (χ0) is 55.4. The second-order valence-corrected chi connectivity index (χ2v) is 24.7. The standard InChI is InChI=1S/C62H71N6O9PSi/c1-43(2)68(44(3)4)78(70,38-39-79-57(45-20-12-8-13-21-45)46-22-14-9-15-23-46)77-55-53(40-75-62(48-26-18-11-19-27-48,49-28-32-51(72-6)33-29-49)50-30-34-52(73-7)35-31-50)76-61(56(55)74-37-36-71-5)67-42-65-54-58(63-41-64-59(54)67)66-60(69)47-24-16-10-17-25-47/h8-35,41-44,53,55-57,61,70H,36-40,79H2,1-7H3/p+1/t53-,55-,56-,61-,78?/m1/s1. The number of imidazole rings is 1. The van der Waals surface area contributed by atoms with E-state index in [-0.39, 0.29) is 49.2 Å². The van der Waals surface area contributed by atoms with Gasteiger partial charge in [0.25, 0.3) is 5.91 Å². The molecule has 9 rings (SSSR count). The Morgan fingerprint density at radius 3 is 1.80 bits per heavy atom. The Labute approximate surface area is 466 Å². The third-order valence-corrected chi connectivity index (χ3v) is 20.5. The van der Waals surface area contributed by atoms with Gasteiger partial charge in [0.15, 0.2) is 29.3 Å². The lowest BCUT2D eigenvalue weighted by atomic mass is 9.80. The largest absolute Gasteiger partial charge is 0.497 e. The number of nitrogens with one attached hydrogen (secondary N) is 1. The molecule has 412 valence electrons. The SMILES string of the molecule is COCCO[C@@H]1[C@H](O[P+](O)(CC[SiH2]C(c2ccccc2)c2ccccc2)N(C(C)C)C(C)C)[C@@H](COC(c2ccccc2)(c2ccc(OC)cc2)c2ccc(OC)cc2)O[C@H]1n1cnc2c(NC(=O)c3ccccc3)ncnc21. The van der Waals surface area contributed by atoms with Gasteiger partial charge >= 0.3 is 7.87 Å². The zero-order valence-corrected chi connectivity index (χ0v) is 48.3. The van der Waals surface area contributed by atoms with E-state index in [2.05, 4.69) is 115 Å². The molecule has 1 amide bonds. The summed E-state index contributed by atoms with van der Waals surface area (Å²) in [5, 5.41) is 2.94. The number of hydrogen-bond donors (Lipinski definition) is 2. The Hall–Kier alpha value is -6.69. The van der Waals surface area contributed by atoms with E-state index in [1.54, 1.807) is 56.5 Å². The molecule has 79 heavy (non-hydrogen) atoms. The number of amides is 1. The molecular weight excluding hydrogens is 1030 g/mol. The molecule has 1 aliphatic rings. The van der Waals surface area contributed by atoms with E-state index < -0.39 is 47.5 Å². The van der Waals surface area contributed by atoms with Crippen LogP contribution in [-0.2, 0) is 29.1 Å². The summed E-state index contributed by atoms with van der Waals surface area (Å²) >= 11 is 0. The van der Waals surface area contributed by atoms with E-state index in [9.17, 15) is 9.69 Å². The lowest BCUT2D eigenvalue weighted by molar-refractivity contribution is -0.0967. The summed E-state index contributed by atoms with van der Waals surface area (Å²) < 4.78 is 50.4. The number of ether oxygens (including phenoxy) is 6. The molecular formula is C62H72N6O9PSi+. The van der Waals surface area contributed by atoms with Gasteiger partial charge < -0.3 is 33.7 Å². The quantitative estimate of drug-likeness (QED) is 0.0228. The third kappa shape index (κ3) is 12.8. The molecule has 1 aliphatic heterocycles. The van der Waals surface area contributed by atoms with Gasteiger partial charge in [-0.05, 0) is 103 Å². The molecule has 0 radical (unpaired) electrons. The van der Waals surface area contributed by atoms with Crippen LogP contribution in [0.1, 0.15) is 77.6 Å². The fourth-order valence-electron chi connectivity index (χ4n) is 11.0. The number of fused-ring (bicyclic) bond motifs is 1. The number of anilines is 1. The Kier molecular flexibility index (Phi) is 19.1. The van der Waals surface area contributed by atoms with Crippen molar-refractivity contribution in [3.05, 3.63) is 216 Å². The number of aromatic nitrogens is 4. The van der Waals surface area contributed by atoms with E-state index in [1.807, 2.05) is 72.8 Å². The summed E-state index contributed by atoms with van der Waals surface area (Å²) in [5.74, 6) is 1.26. The number of carbonyl (C=O) groups excluding carboxylic acids is 1. The van der Waals surface area contributed by atoms with Crippen LogP contribution in [0.4, 0.5) is 5.82 Å². The van der Waals surface area contributed by atoms with Crippen LogP contribution in [0.25, 0.3) is 11.2 Å². The highest BCUT2D eigenvalue weighted by Crippen LogP contribution is 2.64. The molecule has 6 aromatic carbocycles. The minimum absolute atomic E-state index is 0.0551. The second kappa shape index (κ2) is 26.5. The van der Waals surface area contributed by atoms with E-state index >= 15 is 0 Å². The van der Waals surface area contributed by atoms with Gasteiger partial charge in [0.1, 0.15) is 41.8 Å². The Morgan fingerprint density at radius 1 is 0.709 bits per heavy atom. The molecule has 2 N–H and O–H groups in total. The molecule has 2 aromatic heterocycles. The van der Waals surface area contributed by atoms with Crippen LogP contribution in [0.2, 0.25) is 6.04 Å². The van der Waals surface area contributed by atoms with Crippen molar-refractivity contribution in [3.8, 4) is 11.5 Å². The predicted octanol–water partition coefficient (Wildman–Crippen LogP) is 10.7. The van der Waals surface area contributed by atoms with E-state index in [0.29, 0.717) is 34.4 Å². The van der Waals surface area contributed by atoms with Gasteiger partial charge in [-0.2, -0.15) is 4.52 Å². The van der Waals surface area contributed by atoms with Crippen LogP contribution >= 0.6 is 7.87 Å². The minimum Gasteiger partial charge on any atom is -0.497 e. The van der Waals surface area contributed by atoms with Crippen LogP contribution in [0.5, 0.6) is 11.5 Å². The number of benzene rings is 6. The summed E-state index contributed by atoms with van der Waals surface area (Å²) in [7, 11) is 0.407. The van der Waals surface area contributed by atoms with Crippen LogP contribution in [0, 0.1) is 0 Å². The summed E-state index contributed by atoms with van der Waals surface area (Å²) in [6, 6.07) is 56.7. The molecule has 0 spiro atoms. The van der Waals surface area contributed by atoms with Gasteiger partial charge in [0.2, 0.25) is 0 Å². The Morgan fingerprint density at radius 2 is 1.25 bits per heavy atom. The van der Waals surface area contributed by atoms with Crippen molar-refractivity contribution < 1.29 is 42.6 Å². The average molecular weight is 1100 g/mol. The summed E-state index contributed by atoms with van der Waals surface area (Å²) in [6.45, 7) is 8.79. The Bertz CT molecular complexity index is 3070. The molecule has 1 fully saturated rings. The fourth-order valence-corrected chi connectivity index (χ4v) is 17.5. The van der Waals surface area contributed by atoms with Gasteiger partial charge in [0, 0.05) is 34.3 Å². The molecule has 5 atom stereocenters. The van der Waals surface area contributed by atoms with E-state index in [4.69, 9.17) is 42.9 Å². The predicted molar refractivity (Wildman–Crippen MR) is 313 cm³/mol. The summed E-state index contributed by atoms with van der Waals surface area (Å²) in [6.07, 6.45) is -0.263. The van der Waals surface area contributed by atoms with Gasteiger partial charge in [-0.25, -0.2) is 19.8 Å². The number of carbonyl (C=O) groups is 1. The maximum absolute atomic E-state index is 13.9. The first-order chi connectivity index (χ1) is 38.5. The highest BCUT2D eigenvalue weighted by molar-refractivity contribution is 7.63. The maximum Gasteiger partial charge on any atom is 0.345 e. The molecule has 0 saturated carbocycles. The summed E-state index contributed by atoms with van der Waals surface area (Å²) in [5.41, 5.74) is 5.22. The molecule has 0 bridgehead atoms. The third-order valence-electron chi connectivity index (χ3n) is 14.5. The first-order valence-corrected chi connectivity index (χ1v) is 30.6. The Balaban J connectivity index is 1.17. The van der Waals surface area contributed by atoms with Crippen molar-refractivity contribution in [2.24, 2.45) is 0 Å². The van der Waals surface area contributed by atoms with Crippen LogP contribution in [0.3, 0.4) is 0 Å². The minimum atomic E-state index is -3.56. The van der Waals surface area contributed by atoms with E-state index in [0.717, 1.165) is 22.7 Å². The number of hydrogen-bond acceptors (Lipinski definition) is 13. The van der Waals surface area contributed by atoms with Crippen molar-refractivity contribution in [1.82, 2.24) is 24.2 Å². The molecule has 17 heteroatoms. The van der Waals surface area contributed by atoms with E-state index in [1.165, 1.54) is 17.5 Å². The van der Waals surface area contributed by atoms with Crippen LogP contribution < -0.4 is 14.8 Å². The molecule has 8 aromatic rings. The lowest BCUT2D eigenvalue weighted by Gasteiger charge is -2.39. The van der Waals surface area contributed by atoms with Crippen molar-refractivity contribution in [2.45, 2.75) is 81.5 Å². The number of methoxy groups -OCH3 is 3. The van der Waals surface area contributed by atoms with Gasteiger partial charge in [0.05, 0.1) is 40.4 Å².